The van der Waals surface area contributed by atoms with Gasteiger partial charge in [0.2, 0.25) is 0 Å². The van der Waals surface area contributed by atoms with E-state index in [1.807, 2.05) is 26.1 Å². The molecule has 0 fully saturated rings. The molecule has 0 saturated carbocycles. The van der Waals surface area contributed by atoms with Gasteiger partial charge in [0.1, 0.15) is 0 Å². The third-order valence-corrected chi connectivity index (χ3v) is 3.24. The van der Waals surface area contributed by atoms with E-state index in [1.54, 1.807) is 11.0 Å². The van der Waals surface area contributed by atoms with E-state index in [9.17, 15) is 9.59 Å². The average Bonchev–Trinajstić information content (AvgIpc) is 2.56. The molecular formula is C14H18N2O2. The molecule has 1 unspecified atom stereocenters. The Morgan fingerprint density at radius 2 is 2.06 bits per heavy atom. The Labute approximate surface area is 107 Å². The molecule has 0 bridgehead atoms. The molecule has 2 rings (SSSR count). The number of carbonyl (C=O) groups is 2. The predicted octanol–water partition coefficient (Wildman–Crippen LogP) is 1.38. The van der Waals surface area contributed by atoms with E-state index in [0.717, 1.165) is 17.8 Å². The molecule has 0 spiro atoms. The number of anilines is 1. The van der Waals surface area contributed by atoms with Gasteiger partial charge in [-0.15, -0.1) is 0 Å². The molecule has 1 aliphatic rings. The number of rotatable bonds is 4. The first-order valence-corrected chi connectivity index (χ1v) is 6.16. The summed E-state index contributed by atoms with van der Waals surface area (Å²) >= 11 is 0. The Kier molecular flexibility index (Phi) is 3.48. The number of fused-ring (bicyclic) bond motifs is 1. The van der Waals surface area contributed by atoms with Crippen LogP contribution in [0.3, 0.4) is 0 Å². The zero-order valence-corrected chi connectivity index (χ0v) is 11.0. The normalized spacial score (nSPS) is 16.1. The fourth-order valence-corrected chi connectivity index (χ4v) is 2.44. The second-order valence-corrected chi connectivity index (χ2v) is 4.88. The molecular weight excluding hydrogens is 228 g/mol. The highest BCUT2D eigenvalue weighted by molar-refractivity contribution is 6.52. The number of aryl methyl sites for hydroxylation is 1. The van der Waals surface area contributed by atoms with E-state index in [4.69, 9.17) is 0 Å². The lowest BCUT2D eigenvalue weighted by atomic mass is 10.1. The first kappa shape index (κ1) is 12.8. The first-order valence-electron chi connectivity index (χ1n) is 6.16. The van der Waals surface area contributed by atoms with Crippen LogP contribution in [0.25, 0.3) is 0 Å². The largest absolute Gasteiger partial charge is 0.319 e. The van der Waals surface area contributed by atoms with Gasteiger partial charge in [0.15, 0.2) is 0 Å². The Morgan fingerprint density at radius 3 is 2.72 bits per heavy atom. The summed E-state index contributed by atoms with van der Waals surface area (Å²) in [5.41, 5.74) is 2.30. The summed E-state index contributed by atoms with van der Waals surface area (Å²) in [5, 5.41) is 3.08. The molecule has 1 heterocycles. The Morgan fingerprint density at radius 1 is 1.33 bits per heavy atom. The van der Waals surface area contributed by atoms with Crippen molar-refractivity contribution >= 4 is 17.4 Å². The molecule has 1 aliphatic heterocycles. The van der Waals surface area contributed by atoms with Crippen molar-refractivity contribution in [3.8, 4) is 0 Å². The van der Waals surface area contributed by atoms with Gasteiger partial charge in [-0.2, -0.15) is 0 Å². The Balaban J connectivity index is 2.33. The average molecular weight is 246 g/mol. The van der Waals surface area contributed by atoms with E-state index in [0.29, 0.717) is 18.0 Å². The van der Waals surface area contributed by atoms with Crippen molar-refractivity contribution in [3.05, 3.63) is 29.3 Å². The standard InChI is InChI=1S/C14H18N2O2/c1-9(7-15-3)8-16-12-10(2)5-4-6-11(12)13(17)14(16)18/h4-6,9,15H,7-8H2,1-3H3. The summed E-state index contributed by atoms with van der Waals surface area (Å²) in [7, 11) is 1.88. The van der Waals surface area contributed by atoms with Gasteiger partial charge in [-0.05, 0) is 38.1 Å². The van der Waals surface area contributed by atoms with Crippen LogP contribution in [0.15, 0.2) is 18.2 Å². The zero-order valence-electron chi connectivity index (χ0n) is 11.0. The van der Waals surface area contributed by atoms with Crippen molar-refractivity contribution < 1.29 is 9.59 Å². The maximum Gasteiger partial charge on any atom is 0.299 e. The van der Waals surface area contributed by atoms with Gasteiger partial charge in [-0.25, -0.2) is 0 Å². The maximum atomic E-state index is 12.0. The van der Waals surface area contributed by atoms with Crippen LogP contribution in [0.5, 0.6) is 0 Å². The quantitative estimate of drug-likeness (QED) is 0.817. The maximum absolute atomic E-state index is 12.0. The molecule has 1 atom stereocenters. The Bertz CT molecular complexity index is 497. The molecule has 1 N–H and O–H groups in total. The summed E-state index contributed by atoms with van der Waals surface area (Å²) in [4.78, 5) is 25.5. The zero-order chi connectivity index (χ0) is 13.3. The predicted molar refractivity (Wildman–Crippen MR) is 71.0 cm³/mol. The van der Waals surface area contributed by atoms with Crippen molar-refractivity contribution in [2.75, 3.05) is 25.0 Å². The van der Waals surface area contributed by atoms with Gasteiger partial charge >= 0.3 is 0 Å². The van der Waals surface area contributed by atoms with E-state index >= 15 is 0 Å². The molecule has 0 radical (unpaired) electrons. The highest BCUT2D eigenvalue weighted by Gasteiger charge is 2.36. The number of hydrogen-bond donors (Lipinski definition) is 1. The third kappa shape index (κ3) is 2.04. The number of nitrogens with zero attached hydrogens (tertiary/aromatic N) is 1. The van der Waals surface area contributed by atoms with E-state index in [1.165, 1.54) is 0 Å². The highest BCUT2D eigenvalue weighted by atomic mass is 16.2. The molecule has 1 aromatic carbocycles. The summed E-state index contributed by atoms with van der Waals surface area (Å²) in [6, 6.07) is 5.48. The highest BCUT2D eigenvalue weighted by Crippen LogP contribution is 2.32. The van der Waals surface area contributed by atoms with E-state index in [2.05, 4.69) is 12.2 Å². The summed E-state index contributed by atoms with van der Waals surface area (Å²) in [6.45, 7) is 5.38. The van der Waals surface area contributed by atoms with Gasteiger partial charge < -0.3 is 10.2 Å². The first-order chi connectivity index (χ1) is 8.56. The number of para-hydroxylation sites is 1. The number of Topliss-reactive ketones (excluding diaryl/α,β-unsaturated/α-hetero) is 1. The van der Waals surface area contributed by atoms with Crippen LogP contribution < -0.4 is 10.2 Å². The van der Waals surface area contributed by atoms with Gasteiger partial charge in [0.05, 0.1) is 11.3 Å². The number of nitrogens with one attached hydrogen (secondary N) is 1. The minimum absolute atomic E-state index is 0.303. The topological polar surface area (TPSA) is 49.4 Å². The summed E-state index contributed by atoms with van der Waals surface area (Å²) < 4.78 is 0. The SMILES string of the molecule is CNCC(C)CN1C(=O)C(=O)c2cccc(C)c21. The van der Waals surface area contributed by atoms with Crippen molar-refractivity contribution in [1.82, 2.24) is 5.32 Å². The lowest BCUT2D eigenvalue weighted by molar-refractivity contribution is -0.114. The number of benzene rings is 1. The molecule has 4 nitrogen and oxygen atoms in total. The Hall–Kier alpha value is -1.68. The summed E-state index contributed by atoms with van der Waals surface area (Å²) in [5.74, 6) is -0.482. The lowest BCUT2D eigenvalue weighted by Gasteiger charge is -2.22. The van der Waals surface area contributed by atoms with Gasteiger partial charge in [-0.3, -0.25) is 9.59 Å². The van der Waals surface area contributed by atoms with Crippen LogP contribution in [0.4, 0.5) is 5.69 Å². The van der Waals surface area contributed by atoms with Crippen molar-refractivity contribution in [2.24, 2.45) is 5.92 Å². The molecule has 0 aliphatic carbocycles. The van der Waals surface area contributed by atoms with E-state index in [-0.39, 0.29) is 5.78 Å². The van der Waals surface area contributed by atoms with Gasteiger partial charge in [-0.1, -0.05) is 19.1 Å². The summed E-state index contributed by atoms with van der Waals surface area (Å²) in [6.07, 6.45) is 0. The second kappa shape index (κ2) is 4.90. The number of ketones is 1. The molecule has 96 valence electrons. The number of carbonyl (C=O) groups excluding carboxylic acids is 2. The van der Waals surface area contributed by atoms with Crippen LogP contribution in [-0.2, 0) is 4.79 Å². The van der Waals surface area contributed by atoms with Crippen LogP contribution in [0, 0.1) is 12.8 Å². The smallest absolute Gasteiger partial charge is 0.299 e. The van der Waals surface area contributed by atoms with Crippen LogP contribution >= 0.6 is 0 Å². The monoisotopic (exact) mass is 246 g/mol. The molecule has 1 aromatic rings. The van der Waals surface area contributed by atoms with Crippen LogP contribution in [-0.4, -0.2) is 31.8 Å². The minimum Gasteiger partial charge on any atom is -0.319 e. The number of hydrogen-bond acceptors (Lipinski definition) is 3. The molecule has 1 amide bonds. The van der Waals surface area contributed by atoms with Crippen molar-refractivity contribution in [1.29, 1.82) is 0 Å². The van der Waals surface area contributed by atoms with Crippen LogP contribution in [0.1, 0.15) is 22.8 Å². The lowest BCUT2D eigenvalue weighted by Crippen LogP contribution is -2.36. The van der Waals surface area contributed by atoms with Crippen molar-refractivity contribution in [2.45, 2.75) is 13.8 Å². The van der Waals surface area contributed by atoms with Crippen LogP contribution in [0.2, 0.25) is 0 Å². The second-order valence-electron chi connectivity index (χ2n) is 4.88. The van der Waals surface area contributed by atoms with E-state index < -0.39 is 5.91 Å². The molecule has 4 heteroatoms. The fraction of sp³-hybridized carbons (Fsp3) is 0.429. The van der Waals surface area contributed by atoms with Gasteiger partial charge in [0.25, 0.3) is 11.7 Å². The van der Waals surface area contributed by atoms with Crippen molar-refractivity contribution in [3.63, 3.8) is 0 Å². The number of amides is 1. The molecule has 0 aromatic heterocycles. The van der Waals surface area contributed by atoms with Gasteiger partial charge in [0, 0.05) is 6.54 Å². The fourth-order valence-electron chi connectivity index (χ4n) is 2.44. The molecule has 18 heavy (non-hydrogen) atoms. The third-order valence-electron chi connectivity index (χ3n) is 3.24. The molecule has 0 saturated heterocycles. The minimum atomic E-state index is -0.401.